The first-order valence-electron chi connectivity index (χ1n) is 17.6. The number of urea groups is 2. The number of fused-ring (bicyclic) bond motifs is 2. The Bertz CT molecular complexity index is 2440. The summed E-state index contributed by atoms with van der Waals surface area (Å²) in [6.45, 7) is 5.16. The van der Waals surface area contributed by atoms with Gasteiger partial charge >= 0.3 is 31.5 Å². The van der Waals surface area contributed by atoms with Crippen LogP contribution in [0.5, 0.6) is 0 Å². The van der Waals surface area contributed by atoms with Crippen LogP contribution in [-0.2, 0) is 9.31 Å². The lowest BCUT2D eigenvalue weighted by molar-refractivity contribution is -0.123. The zero-order valence-corrected chi connectivity index (χ0v) is 32.1. The van der Waals surface area contributed by atoms with Gasteiger partial charge in [-0.1, -0.05) is 35.9 Å². The third-order valence-electron chi connectivity index (χ3n) is 9.27. The van der Waals surface area contributed by atoms with E-state index in [0.717, 1.165) is 28.0 Å². The highest BCUT2D eigenvalue weighted by Gasteiger charge is 2.51. The van der Waals surface area contributed by atoms with Crippen molar-refractivity contribution < 1.29 is 45.2 Å². The van der Waals surface area contributed by atoms with Crippen LogP contribution in [0.4, 0.5) is 47.3 Å². The van der Waals surface area contributed by atoms with E-state index < -0.39 is 55.8 Å². The highest BCUT2D eigenvalue weighted by molar-refractivity contribution is 6.62. The van der Waals surface area contributed by atoms with E-state index in [1.54, 1.807) is 83.8 Å². The third-order valence-corrected chi connectivity index (χ3v) is 9.50. The van der Waals surface area contributed by atoms with Crippen LogP contribution in [0.1, 0.15) is 27.7 Å². The summed E-state index contributed by atoms with van der Waals surface area (Å²) in [4.78, 5) is 32.0. The number of alkyl halides is 6. The van der Waals surface area contributed by atoms with E-state index in [0.29, 0.717) is 27.7 Å². The number of hydrogen-bond acceptors (Lipinski definition) is 6. The van der Waals surface area contributed by atoms with E-state index in [9.17, 15) is 35.9 Å². The SMILES string of the molecule is CC1(C)OB(c2ccn3c(-c4cccc(NC(=O)NCC(F)(F)F)c4)cnc3c2)OC1(C)C.O=C(NCC(F)(F)F)Nc1cccc(-c2cnc3cc(Cl)ccn23)c1. The van der Waals surface area contributed by atoms with Crippen LogP contribution in [0.15, 0.2) is 97.6 Å². The lowest BCUT2D eigenvalue weighted by atomic mass is 9.80. The Hall–Kier alpha value is -5.79. The number of imidazole rings is 2. The van der Waals surface area contributed by atoms with Crippen molar-refractivity contribution >= 4 is 58.9 Å². The molecule has 1 aliphatic heterocycles. The standard InChI is InChI=1S/C22H24BF3N4O3.C16H12ClF3N4O/c1-20(2)21(3,4)33-23(32-20)15-8-9-30-17(12-27-18(30)11-15)14-6-5-7-16(10-14)29-19(31)28-13-22(24,25)26;17-11-4-5-24-13(8-21-14(24)7-11)10-2-1-3-12(6-10)23-15(25)22-9-16(18,19)20/h5-12H,13H2,1-4H3,(H2,28,29,31);1-8H,9H2,(H2,22,23,25). The summed E-state index contributed by atoms with van der Waals surface area (Å²) >= 11 is 5.93. The van der Waals surface area contributed by atoms with Crippen LogP contribution in [0, 0.1) is 0 Å². The Morgan fingerprint density at radius 3 is 1.60 bits per heavy atom. The Kier molecular flexibility index (Phi) is 11.7. The first-order chi connectivity index (χ1) is 27.2. The zero-order valence-electron chi connectivity index (χ0n) is 31.3. The summed E-state index contributed by atoms with van der Waals surface area (Å²) in [5.41, 5.74) is 4.97. The fourth-order valence-electron chi connectivity index (χ4n) is 5.73. The van der Waals surface area contributed by atoms with Gasteiger partial charge in [-0.25, -0.2) is 19.6 Å². The summed E-state index contributed by atoms with van der Waals surface area (Å²) in [5.74, 6) is 0. The van der Waals surface area contributed by atoms with Gasteiger partial charge in [-0.05, 0) is 75.6 Å². The maximum absolute atomic E-state index is 12.3. The van der Waals surface area contributed by atoms with Crippen LogP contribution in [0.2, 0.25) is 5.02 Å². The average molecular weight is 829 g/mol. The third kappa shape index (κ3) is 10.2. The lowest BCUT2D eigenvalue weighted by Crippen LogP contribution is -2.41. The Morgan fingerprint density at radius 2 is 1.14 bits per heavy atom. The maximum Gasteiger partial charge on any atom is 0.495 e. The van der Waals surface area contributed by atoms with Gasteiger partial charge in [0.05, 0.1) is 35.0 Å². The van der Waals surface area contributed by atoms with Crippen LogP contribution in [-0.4, -0.2) is 74.6 Å². The summed E-state index contributed by atoms with van der Waals surface area (Å²) in [7, 11) is -0.511. The summed E-state index contributed by atoms with van der Waals surface area (Å²) in [5, 5.41) is 8.88. The van der Waals surface area contributed by atoms with Gasteiger partial charge in [0, 0.05) is 46.0 Å². The molecule has 6 aromatic rings. The monoisotopic (exact) mass is 828 g/mol. The van der Waals surface area contributed by atoms with Crippen LogP contribution in [0.25, 0.3) is 33.8 Å². The highest BCUT2D eigenvalue weighted by Crippen LogP contribution is 2.36. The van der Waals surface area contributed by atoms with Gasteiger partial charge in [-0.15, -0.1) is 0 Å². The number of pyridine rings is 2. The summed E-state index contributed by atoms with van der Waals surface area (Å²) < 4.78 is 89.1. The molecule has 7 rings (SSSR count). The fraction of sp³-hybridized carbons (Fsp3) is 0.263. The number of anilines is 2. The van der Waals surface area contributed by atoms with Crippen LogP contribution in [0.3, 0.4) is 0 Å². The fourth-order valence-corrected chi connectivity index (χ4v) is 5.88. The van der Waals surface area contributed by atoms with Crippen molar-refractivity contribution in [3.05, 3.63) is 103 Å². The Balaban J connectivity index is 0.000000203. The Morgan fingerprint density at radius 1 is 0.690 bits per heavy atom. The number of rotatable bonds is 7. The van der Waals surface area contributed by atoms with Gasteiger partial charge in [-0.2, -0.15) is 26.3 Å². The molecule has 1 saturated heterocycles. The number of aromatic nitrogens is 4. The van der Waals surface area contributed by atoms with Crippen molar-refractivity contribution in [3.8, 4) is 22.5 Å². The number of carbonyl (C=O) groups is 2. The number of amides is 4. The van der Waals surface area contributed by atoms with E-state index in [2.05, 4.69) is 20.6 Å². The summed E-state index contributed by atoms with van der Waals surface area (Å²) in [6.07, 6.45) is -1.99. The van der Waals surface area contributed by atoms with Crippen molar-refractivity contribution in [1.82, 2.24) is 29.4 Å². The smallest absolute Gasteiger partial charge is 0.399 e. The molecule has 0 spiro atoms. The molecule has 4 amide bonds. The van der Waals surface area contributed by atoms with Crippen molar-refractivity contribution in [2.75, 3.05) is 23.7 Å². The normalized spacial score (nSPS) is 14.8. The van der Waals surface area contributed by atoms with Crippen LogP contribution < -0.4 is 26.7 Å². The average Bonchev–Trinajstić information content (AvgIpc) is 3.82. The quantitative estimate of drug-likeness (QED) is 0.0945. The number of carbonyl (C=O) groups excluding carboxylic acids is 2. The second-order valence-corrected chi connectivity index (χ2v) is 14.6. The number of nitrogens with one attached hydrogen (secondary N) is 4. The zero-order chi connectivity index (χ0) is 42.0. The molecular formula is C38H36BClF6N8O4. The van der Waals surface area contributed by atoms with Gasteiger partial charge in [0.1, 0.15) is 24.4 Å². The van der Waals surface area contributed by atoms with Crippen molar-refractivity contribution in [2.24, 2.45) is 0 Å². The molecule has 12 nitrogen and oxygen atoms in total. The molecule has 0 radical (unpaired) electrons. The number of halogens is 7. The predicted molar refractivity (Wildman–Crippen MR) is 208 cm³/mol. The van der Waals surface area contributed by atoms with Gasteiger partial charge in [0.25, 0.3) is 0 Å². The van der Waals surface area contributed by atoms with E-state index in [1.807, 2.05) is 60.9 Å². The topological polar surface area (TPSA) is 135 Å². The van der Waals surface area contributed by atoms with Crippen molar-refractivity contribution in [2.45, 2.75) is 51.2 Å². The van der Waals surface area contributed by atoms with E-state index in [1.165, 1.54) is 0 Å². The molecule has 4 N–H and O–H groups in total. The van der Waals surface area contributed by atoms with Gasteiger partial charge in [-0.3, -0.25) is 8.80 Å². The molecule has 0 bridgehead atoms. The molecule has 1 aliphatic rings. The lowest BCUT2D eigenvalue weighted by Gasteiger charge is -2.32. The number of hydrogen-bond donors (Lipinski definition) is 4. The molecule has 2 aromatic carbocycles. The maximum atomic E-state index is 12.3. The molecule has 304 valence electrons. The largest absolute Gasteiger partial charge is 0.495 e. The molecule has 0 unspecified atom stereocenters. The van der Waals surface area contributed by atoms with Gasteiger partial charge in [0.2, 0.25) is 0 Å². The number of benzene rings is 2. The predicted octanol–water partition coefficient (Wildman–Crippen LogP) is 8.32. The molecule has 0 atom stereocenters. The second kappa shape index (κ2) is 16.2. The van der Waals surface area contributed by atoms with E-state index >= 15 is 0 Å². The molecule has 20 heteroatoms. The van der Waals surface area contributed by atoms with Gasteiger partial charge in [0.15, 0.2) is 0 Å². The first kappa shape index (κ1) is 41.8. The molecule has 0 saturated carbocycles. The Labute approximate surface area is 333 Å². The molecule has 1 fully saturated rings. The minimum atomic E-state index is -4.48. The van der Waals surface area contributed by atoms with Gasteiger partial charge < -0.3 is 30.6 Å². The van der Waals surface area contributed by atoms with E-state index in [4.69, 9.17) is 20.9 Å². The highest BCUT2D eigenvalue weighted by atomic mass is 35.5. The van der Waals surface area contributed by atoms with Crippen molar-refractivity contribution in [1.29, 1.82) is 0 Å². The minimum Gasteiger partial charge on any atom is -0.399 e. The van der Waals surface area contributed by atoms with Crippen molar-refractivity contribution in [3.63, 3.8) is 0 Å². The molecular weight excluding hydrogens is 793 g/mol. The summed E-state index contributed by atoms with van der Waals surface area (Å²) in [6, 6.07) is 18.8. The molecule has 5 heterocycles. The van der Waals surface area contributed by atoms with E-state index in [-0.39, 0.29) is 0 Å². The molecule has 4 aromatic heterocycles. The molecule has 0 aliphatic carbocycles. The second-order valence-electron chi connectivity index (χ2n) is 14.1. The first-order valence-corrected chi connectivity index (χ1v) is 17.9. The van der Waals surface area contributed by atoms with Crippen LogP contribution >= 0.6 is 11.6 Å². The number of nitrogens with zero attached hydrogens (tertiary/aromatic N) is 4. The molecule has 58 heavy (non-hydrogen) atoms. The minimum absolute atomic E-state index is 0.357.